The van der Waals surface area contributed by atoms with Crippen molar-refractivity contribution in [3.63, 3.8) is 0 Å². The van der Waals surface area contributed by atoms with E-state index in [0.29, 0.717) is 40.2 Å². The molecule has 1 aliphatic heterocycles. The van der Waals surface area contributed by atoms with Crippen molar-refractivity contribution in [1.29, 1.82) is 0 Å². The molecule has 168 valence electrons. The molecule has 0 aliphatic carbocycles. The first-order chi connectivity index (χ1) is 15.4. The summed E-state index contributed by atoms with van der Waals surface area (Å²) in [5, 5.41) is 5.05. The van der Waals surface area contributed by atoms with Gasteiger partial charge in [0.25, 0.3) is 5.91 Å². The van der Waals surface area contributed by atoms with Crippen molar-refractivity contribution in [2.24, 2.45) is 0 Å². The van der Waals surface area contributed by atoms with Gasteiger partial charge in [0.1, 0.15) is 23.9 Å². The Bertz CT molecular complexity index is 1100. The number of carbonyl (C=O) groups excluding carboxylic acids is 1. The first-order valence-corrected chi connectivity index (χ1v) is 11.0. The van der Waals surface area contributed by atoms with Gasteiger partial charge in [-0.25, -0.2) is 4.39 Å². The number of amides is 1. The van der Waals surface area contributed by atoms with Gasteiger partial charge >= 0.3 is 0 Å². The minimum atomic E-state index is -0.340. The molecule has 2 heterocycles. The van der Waals surface area contributed by atoms with Crippen LogP contribution >= 0.6 is 23.2 Å². The number of carbonyl (C=O) groups is 1. The molecular formula is C23H22Cl2FN3O3. The fourth-order valence-corrected chi connectivity index (χ4v) is 3.89. The molecule has 3 aromatic rings. The normalized spacial score (nSPS) is 14.6. The Kier molecular flexibility index (Phi) is 6.98. The summed E-state index contributed by atoms with van der Waals surface area (Å²) < 4.78 is 24.0. The van der Waals surface area contributed by atoms with E-state index in [9.17, 15) is 9.18 Å². The molecule has 0 atom stereocenters. The van der Waals surface area contributed by atoms with Crippen LogP contribution in [0.4, 0.5) is 4.39 Å². The van der Waals surface area contributed by atoms with Gasteiger partial charge in [-0.05, 0) is 48.9 Å². The molecular weight excluding hydrogens is 456 g/mol. The topological polar surface area (TPSA) is 58.8 Å². The van der Waals surface area contributed by atoms with Crippen LogP contribution in [0.15, 0.2) is 47.0 Å². The molecule has 1 saturated heterocycles. The van der Waals surface area contributed by atoms with E-state index < -0.39 is 0 Å². The summed E-state index contributed by atoms with van der Waals surface area (Å²) in [7, 11) is 0. The van der Waals surface area contributed by atoms with E-state index >= 15 is 0 Å². The van der Waals surface area contributed by atoms with Gasteiger partial charge in [0, 0.05) is 32.7 Å². The number of hydrogen-bond acceptors (Lipinski definition) is 5. The van der Waals surface area contributed by atoms with Gasteiger partial charge in [0.2, 0.25) is 0 Å². The maximum atomic E-state index is 13.1. The van der Waals surface area contributed by atoms with Gasteiger partial charge in [0.15, 0.2) is 5.69 Å². The predicted octanol–water partition coefficient (Wildman–Crippen LogP) is 4.97. The van der Waals surface area contributed by atoms with Gasteiger partial charge in [-0.15, -0.1) is 0 Å². The van der Waals surface area contributed by atoms with Crippen LogP contribution in [0.2, 0.25) is 10.0 Å². The second-order valence-electron chi connectivity index (χ2n) is 7.63. The van der Waals surface area contributed by atoms with E-state index in [-0.39, 0.29) is 24.0 Å². The van der Waals surface area contributed by atoms with Crippen LogP contribution in [-0.2, 0) is 13.2 Å². The molecule has 0 N–H and O–H groups in total. The molecule has 6 nitrogen and oxygen atoms in total. The molecule has 1 aromatic heterocycles. The average molecular weight is 478 g/mol. The van der Waals surface area contributed by atoms with Crippen LogP contribution in [0.25, 0.3) is 0 Å². The third-order valence-electron chi connectivity index (χ3n) is 5.43. The number of hydrogen-bond donors (Lipinski definition) is 0. The monoisotopic (exact) mass is 477 g/mol. The van der Waals surface area contributed by atoms with Gasteiger partial charge in [-0.2, -0.15) is 0 Å². The molecule has 4 rings (SSSR count). The first-order valence-electron chi connectivity index (χ1n) is 10.2. The van der Waals surface area contributed by atoms with E-state index in [1.165, 1.54) is 24.3 Å². The fraction of sp³-hybridized carbons (Fsp3) is 0.304. The van der Waals surface area contributed by atoms with Gasteiger partial charge in [-0.3, -0.25) is 9.69 Å². The number of benzene rings is 2. The van der Waals surface area contributed by atoms with Crippen molar-refractivity contribution in [1.82, 2.24) is 15.0 Å². The molecule has 32 heavy (non-hydrogen) atoms. The second-order valence-corrected chi connectivity index (χ2v) is 8.44. The van der Waals surface area contributed by atoms with Gasteiger partial charge < -0.3 is 14.2 Å². The maximum absolute atomic E-state index is 13.1. The Labute approximate surface area is 195 Å². The molecule has 1 aliphatic rings. The molecule has 9 heteroatoms. The molecule has 1 fully saturated rings. The van der Waals surface area contributed by atoms with E-state index in [0.717, 1.165) is 25.2 Å². The SMILES string of the molecule is Cc1onc(C(=O)N2CCN(Cc3ccc(Cl)c(Cl)c3)CC2)c1COc1ccc(F)cc1. The molecule has 0 spiro atoms. The lowest BCUT2D eigenvalue weighted by molar-refractivity contribution is 0.0616. The molecule has 1 amide bonds. The van der Waals surface area contributed by atoms with Crippen LogP contribution in [0.5, 0.6) is 5.75 Å². The van der Waals surface area contributed by atoms with E-state index in [1.807, 2.05) is 12.1 Å². The number of halogens is 3. The average Bonchev–Trinajstić information content (AvgIpc) is 3.16. The van der Waals surface area contributed by atoms with E-state index in [2.05, 4.69) is 10.1 Å². The maximum Gasteiger partial charge on any atom is 0.276 e. The number of aryl methyl sites for hydroxylation is 1. The smallest absolute Gasteiger partial charge is 0.276 e. The van der Waals surface area contributed by atoms with Crippen LogP contribution < -0.4 is 4.74 Å². The Morgan fingerprint density at radius 1 is 1.09 bits per heavy atom. The van der Waals surface area contributed by atoms with Crippen molar-refractivity contribution >= 4 is 29.1 Å². The third-order valence-corrected chi connectivity index (χ3v) is 6.17. The number of nitrogens with zero attached hydrogens (tertiary/aromatic N) is 3. The van der Waals surface area contributed by atoms with Gasteiger partial charge in [-0.1, -0.05) is 34.4 Å². The Hall–Kier alpha value is -2.61. The number of aromatic nitrogens is 1. The molecule has 0 radical (unpaired) electrons. The lowest BCUT2D eigenvalue weighted by Crippen LogP contribution is -2.48. The molecule has 0 unspecified atom stereocenters. The zero-order valence-electron chi connectivity index (χ0n) is 17.5. The van der Waals surface area contributed by atoms with E-state index in [1.54, 1.807) is 17.9 Å². The zero-order chi connectivity index (χ0) is 22.7. The largest absolute Gasteiger partial charge is 0.489 e. The summed E-state index contributed by atoms with van der Waals surface area (Å²) >= 11 is 12.1. The molecule has 0 bridgehead atoms. The van der Waals surface area contributed by atoms with E-state index in [4.69, 9.17) is 32.5 Å². The zero-order valence-corrected chi connectivity index (χ0v) is 19.0. The highest BCUT2D eigenvalue weighted by molar-refractivity contribution is 6.42. The first kappa shape index (κ1) is 22.6. The van der Waals surface area contributed by atoms with Crippen molar-refractivity contribution < 1.29 is 18.4 Å². The fourth-order valence-electron chi connectivity index (χ4n) is 3.57. The van der Waals surface area contributed by atoms with Crippen molar-refractivity contribution in [2.45, 2.75) is 20.1 Å². The van der Waals surface area contributed by atoms with Crippen molar-refractivity contribution in [3.8, 4) is 5.75 Å². The quantitative estimate of drug-likeness (QED) is 0.501. The predicted molar refractivity (Wildman–Crippen MR) is 120 cm³/mol. The second kappa shape index (κ2) is 9.90. The molecule has 0 saturated carbocycles. The Morgan fingerprint density at radius 3 is 2.50 bits per heavy atom. The summed E-state index contributed by atoms with van der Waals surface area (Å²) in [5.41, 5.74) is 1.92. The lowest BCUT2D eigenvalue weighted by atomic mass is 10.1. The van der Waals surface area contributed by atoms with Crippen LogP contribution in [0.1, 0.15) is 27.4 Å². The van der Waals surface area contributed by atoms with Crippen LogP contribution in [0.3, 0.4) is 0 Å². The number of rotatable bonds is 6. The van der Waals surface area contributed by atoms with Gasteiger partial charge in [0.05, 0.1) is 15.6 Å². The standard InChI is InChI=1S/C23H22Cl2FN3O3/c1-15-19(14-31-18-5-3-17(26)4-6-18)22(27-32-15)23(30)29-10-8-28(9-11-29)13-16-2-7-20(24)21(25)12-16/h2-7,12H,8-11,13-14H2,1H3. The van der Waals surface area contributed by atoms with Crippen molar-refractivity contribution in [3.05, 3.63) is 80.9 Å². The molecule has 2 aromatic carbocycles. The third kappa shape index (κ3) is 5.23. The minimum Gasteiger partial charge on any atom is -0.489 e. The summed E-state index contributed by atoms with van der Waals surface area (Å²) in [6, 6.07) is 11.3. The lowest BCUT2D eigenvalue weighted by Gasteiger charge is -2.34. The highest BCUT2D eigenvalue weighted by Gasteiger charge is 2.28. The Morgan fingerprint density at radius 2 is 1.81 bits per heavy atom. The summed E-state index contributed by atoms with van der Waals surface area (Å²) in [6.07, 6.45) is 0. The Balaban J connectivity index is 1.36. The van der Waals surface area contributed by atoms with Crippen LogP contribution in [-0.4, -0.2) is 47.0 Å². The van der Waals surface area contributed by atoms with Crippen LogP contribution in [0, 0.1) is 12.7 Å². The highest BCUT2D eigenvalue weighted by Crippen LogP contribution is 2.24. The minimum absolute atomic E-state index is 0.110. The van der Waals surface area contributed by atoms with Crippen molar-refractivity contribution in [2.75, 3.05) is 26.2 Å². The highest BCUT2D eigenvalue weighted by atomic mass is 35.5. The number of ether oxygens (including phenoxy) is 1. The number of piperazine rings is 1. The summed E-state index contributed by atoms with van der Waals surface area (Å²) in [4.78, 5) is 17.1. The summed E-state index contributed by atoms with van der Waals surface area (Å²) in [5.74, 6) is 0.497. The summed E-state index contributed by atoms with van der Waals surface area (Å²) in [6.45, 7) is 5.18.